The van der Waals surface area contributed by atoms with E-state index in [1.54, 1.807) is 0 Å². The van der Waals surface area contributed by atoms with Crippen molar-refractivity contribution in [3.05, 3.63) is 236 Å². The maximum absolute atomic E-state index is 5.07. The molecule has 308 valence electrons. The van der Waals surface area contributed by atoms with Gasteiger partial charge in [-0.1, -0.05) is 166 Å². The Bertz CT molecular complexity index is 3760. The summed E-state index contributed by atoms with van der Waals surface area (Å²) in [4.78, 5) is 12.5. The van der Waals surface area contributed by atoms with Crippen LogP contribution in [0.2, 0.25) is 0 Å². The summed E-state index contributed by atoms with van der Waals surface area (Å²) in [6, 6.07) is 76.5. The van der Waals surface area contributed by atoms with E-state index in [1.165, 1.54) is 64.8 Å². The molecule has 0 amide bonds. The Morgan fingerprint density at radius 2 is 1.05 bits per heavy atom. The third-order valence-electron chi connectivity index (χ3n) is 14.1. The molecule has 6 heteroatoms. The first kappa shape index (κ1) is 37.5. The molecule has 0 radical (unpaired) electrons. The first-order chi connectivity index (χ1) is 32.0. The van der Waals surface area contributed by atoms with E-state index in [0.717, 1.165) is 39.1 Å². The van der Waals surface area contributed by atoms with Gasteiger partial charge in [0.25, 0.3) is 0 Å². The van der Waals surface area contributed by atoms with Crippen LogP contribution in [-0.4, -0.2) is 27.0 Å². The van der Waals surface area contributed by atoms with Crippen LogP contribution in [-0.2, 0) is 5.41 Å². The number of para-hydroxylation sites is 3. The molecule has 1 aliphatic heterocycles. The number of imidazole rings is 1. The van der Waals surface area contributed by atoms with Crippen molar-refractivity contribution >= 4 is 95.0 Å². The molecule has 13 rings (SSSR count). The number of hydrogen-bond donors (Lipinski definition) is 0. The molecule has 12 aromatic rings. The van der Waals surface area contributed by atoms with Crippen LogP contribution in [0.3, 0.4) is 0 Å². The van der Waals surface area contributed by atoms with Crippen LogP contribution in [0, 0.1) is 0 Å². The predicted molar refractivity (Wildman–Crippen MR) is 273 cm³/mol. The molecule has 65 heavy (non-hydrogen) atoms. The van der Waals surface area contributed by atoms with Gasteiger partial charge in [-0.15, -0.1) is 0 Å². The van der Waals surface area contributed by atoms with E-state index in [9.17, 15) is 0 Å². The van der Waals surface area contributed by atoms with Gasteiger partial charge in [0.15, 0.2) is 8.07 Å². The second-order valence-electron chi connectivity index (χ2n) is 17.8. The van der Waals surface area contributed by atoms with Gasteiger partial charge < -0.3 is 4.90 Å². The van der Waals surface area contributed by atoms with E-state index < -0.39 is 8.07 Å². The zero-order valence-corrected chi connectivity index (χ0v) is 37.1. The third-order valence-corrected chi connectivity index (χ3v) is 18.9. The number of aromatic nitrogens is 4. The summed E-state index contributed by atoms with van der Waals surface area (Å²) in [5.41, 5.74) is 10.3. The number of pyridine rings is 2. The molecule has 0 saturated carbocycles. The van der Waals surface area contributed by atoms with E-state index in [-0.39, 0.29) is 5.41 Å². The summed E-state index contributed by atoms with van der Waals surface area (Å²) in [6.45, 7) is 4.74. The van der Waals surface area contributed by atoms with Crippen LogP contribution < -0.4 is 25.6 Å². The normalized spacial score (nSPS) is 13.5. The van der Waals surface area contributed by atoms with Gasteiger partial charge in [-0.25, -0.2) is 9.97 Å². The van der Waals surface area contributed by atoms with Gasteiger partial charge in [-0.3, -0.25) is 8.97 Å². The van der Waals surface area contributed by atoms with Gasteiger partial charge in [0.2, 0.25) is 0 Å². The Morgan fingerprint density at radius 3 is 1.80 bits per heavy atom. The van der Waals surface area contributed by atoms with Gasteiger partial charge in [0, 0.05) is 51.2 Å². The van der Waals surface area contributed by atoms with Crippen LogP contribution in [0.1, 0.15) is 25.0 Å². The van der Waals surface area contributed by atoms with Crippen molar-refractivity contribution in [2.75, 3.05) is 4.90 Å². The first-order valence-electron chi connectivity index (χ1n) is 22.4. The predicted octanol–water partition coefficient (Wildman–Crippen LogP) is 11.6. The summed E-state index contributed by atoms with van der Waals surface area (Å²) in [7, 11) is -3.07. The van der Waals surface area contributed by atoms with Crippen molar-refractivity contribution in [2.45, 2.75) is 19.3 Å². The molecule has 0 bridgehead atoms. The highest BCUT2D eigenvalue weighted by Crippen LogP contribution is 2.53. The SMILES string of the molecule is CC1(C)c2ccccc2N(c2ccccc2)c2cc3c4ccc([Si](c5ccccc5)(c5ccccc5)c5ccc6c7ccccc7n7ccnc7c6c5)cc4n(-c4ccccn4)c3cc21. The molecule has 0 saturated heterocycles. The molecular weight excluding hydrogens is 807 g/mol. The molecule has 0 spiro atoms. The number of rotatable bonds is 6. The third kappa shape index (κ3) is 5.38. The number of anilines is 3. The van der Waals surface area contributed by atoms with Crippen LogP contribution in [0.25, 0.3) is 54.9 Å². The number of nitrogens with zero attached hydrogens (tertiary/aromatic N) is 5. The topological polar surface area (TPSA) is 38.4 Å². The van der Waals surface area contributed by atoms with Crippen LogP contribution in [0.4, 0.5) is 17.1 Å². The van der Waals surface area contributed by atoms with Crippen molar-refractivity contribution < 1.29 is 0 Å². The molecule has 0 aliphatic carbocycles. The lowest BCUT2D eigenvalue weighted by Gasteiger charge is -2.42. The van der Waals surface area contributed by atoms with Crippen molar-refractivity contribution in [2.24, 2.45) is 0 Å². The zero-order valence-electron chi connectivity index (χ0n) is 36.1. The second kappa shape index (κ2) is 14.2. The molecule has 0 atom stereocenters. The second-order valence-corrected chi connectivity index (χ2v) is 21.6. The molecule has 0 fully saturated rings. The Morgan fingerprint density at radius 1 is 0.415 bits per heavy atom. The number of fused-ring (bicyclic) bond motifs is 11. The minimum absolute atomic E-state index is 0.272. The van der Waals surface area contributed by atoms with Crippen LogP contribution in [0.15, 0.2) is 225 Å². The summed E-state index contributed by atoms with van der Waals surface area (Å²) < 4.78 is 4.65. The maximum Gasteiger partial charge on any atom is 0.179 e. The largest absolute Gasteiger partial charge is 0.310 e. The fraction of sp³-hybridized carbons (Fsp3) is 0.0508. The van der Waals surface area contributed by atoms with E-state index in [0.29, 0.717) is 0 Å². The molecule has 1 aliphatic rings. The van der Waals surface area contributed by atoms with Crippen LogP contribution in [0.5, 0.6) is 0 Å². The van der Waals surface area contributed by atoms with Crippen molar-refractivity contribution in [3.63, 3.8) is 0 Å². The van der Waals surface area contributed by atoms with E-state index >= 15 is 0 Å². The summed E-state index contributed by atoms with van der Waals surface area (Å²) in [5.74, 6) is 0.893. The smallest absolute Gasteiger partial charge is 0.179 e. The molecule has 5 heterocycles. The van der Waals surface area contributed by atoms with Gasteiger partial charge in [-0.2, -0.15) is 0 Å². The molecule has 4 aromatic heterocycles. The monoisotopic (exact) mass is 849 g/mol. The van der Waals surface area contributed by atoms with Gasteiger partial charge in [0.05, 0.1) is 27.9 Å². The fourth-order valence-corrected chi connectivity index (χ4v) is 16.0. The van der Waals surface area contributed by atoms with Gasteiger partial charge in [0.1, 0.15) is 11.5 Å². The average molecular weight is 850 g/mol. The lowest BCUT2D eigenvalue weighted by atomic mass is 9.73. The molecular formula is C59H43N5Si. The highest BCUT2D eigenvalue weighted by atomic mass is 28.3. The lowest BCUT2D eigenvalue weighted by molar-refractivity contribution is 0.632. The Kier molecular flexibility index (Phi) is 8.20. The maximum atomic E-state index is 5.07. The van der Waals surface area contributed by atoms with Crippen LogP contribution >= 0.6 is 0 Å². The van der Waals surface area contributed by atoms with Crippen molar-refractivity contribution in [3.8, 4) is 5.82 Å². The van der Waals surface area contributed by atoms with Crippen molar-refractivity contribution in [1.82, 2.24) is 18.9 Å². The minimum atomic E-state index is -3.07. The van der Waals surface area contributed by atoms with E-state index in [2.05, 4.69) is 234 Å². The quantitative estimate of drug-likeness (QED) is 0.0950. The summed E-state index contributed by atoms with van der Waals surface area (Å²) in [6.07, 6.45) is 5.92. The minimum Gasteiger partial charge on any atom is -0.310 e. The Balaban J connectivity index is 1.14. The van der Waals surface area contributed by atoms with Gasteiger partial charge in [-0.05, 0) is 91.9 Å². The standard InChI is InChI=1S/C59H43N5Si/c1-59(2)50-25-13-15-27-53(50)63(40-18-6-3-7-19-40)56-38-48-47-32-30-44(37-54(47)64(55(48)39-51(56)59)57-28-16-17-33-60-57)65(41-20-8-4-9-21-41,42-22-10-5-11-23-42)43-29-31-45-46-24-12-14-26-52(46)62-35-34-61-58(62)49(45)36-43/h3-39H,1-2H3. The summed E-state index contributed by atoms with van der Waals surface area (Å²) >= 11 is 0. The highest BCUT2D eigenvalue weighted by molar-refractivity contribution is 7.20. The first-order valence-corrected chi connectivity index (χ1v) is 24.4. The molecule has 8 aromatic carbocycles. The van der Waals surface area contributed by atoms with Gasteiger partial charge >= 0.3 is 0 Å². The van der Waals surface area contributed by atoms with E-state index in [1.807, 2.05) is 18.5 Å². The lowest BCUT2D eigenvalue weighted by Crippen LogP contribution is -2.74. The van der Waals surface area contributed by atoms with E-state index in [4.69, 9.17) is 9.97 Å². The number of hydrogen-bond acceptors (Lipinski definition) is 3. The molecule has 0 unspecified atom stereocenters. The van der Waals surface area contributed by atoms with Crippen molar-refractivity contribution in [1.29, 1.82) is 0 Å². The highest BCUT2D eigenvalue weighted by Gasteiger charge is 2.43. The zero-order chi connectivity index (χ0) is 43.3. The number of benzene rings is 8. The summed E-state index contributed by atoms with van der Waals surface area (Å²) in [5, 5.41) is 11.2. The average Bonchev–Trinajstić information content (AvgIpc) is 3.99. The fourth-order valence-electron chi connectivity index (χ4n) is 11.2. The molecule has 5 nitrogen and oxygen atoms in total. The Labute approximate surface area is 378 Å². The molecule has 0 N–H and O–H groups in total. The Hall–Kier alpha value is -8.06.